The molecule has 0 unspecified atom stereocenters. The minimum Gasteiger partial charge on any atom is -0.508 e. The number of rotatable bonds is 0. The third-order valence-corrected chi connectivity index (χ3v) is 3.42. The third-order valence-electron chi connectivity index (χ3n) is 3.42. The maximum Gasteiger partial charge on any atom is 0.209 e. The molecular formula is C12H16NO+. The summed E-state index contributed by atoms with van der Waals surface area (Å²) >= 11 is 0. The molecular weight excluding hydrogens is 174 g/mol. The van der Waals surface area contributed by atoms with Crippen LogP contribution in [-0.2, 0) is 5.41 Å². The zero-order chi connectivity index (χ0) is 10.5. The van der Waals surface area contributed by atoms with E-state index < -0.39 is 0 Å². The lowest BCUT2D eigenvalue weighted by Crippen LogP contribution is -2.25. The number of aromatic hydroxyl groups is 1. The van der Waals surface area contributed by atoms with Crippen LogP contribution in [0.2, 0.25) is 0 Å². The van der Waals surface area contributed by atoms with E-state index in [-0.39, 0.29) is 5.41 Å². The second-order valence-corrected chi connectivity index (χ2v) is 4.47. The van der Waals surface area contributed by atoms with Crippen LogP contribution < -0.4 is 0 Å². The van der Waals surface area contributed by atoms with E-state index in [0.29, 0.717) is 5.75 Å². The summed E-state index contributed by atoms with van der Waals surface area (Å²) < 4.78 is 2.19. The first kappa shape index (κ1) is 9.25. The number of benzene rings is 1. The van der Waals surface area contributed by atoms with Gasteiger partial charge in [0.1, 0.15) is 12.8 Å². The van der Waals surface area contributed by atoms with Gasteiger partial charge in [-0.2, -0.15) is 0 Å². The van der Waals surface area contributed by atoms with Crippen molar-refractivity contribution >= 4 is 11.4 Å². The summed E-state index contributed by atoms with van der Waals surface area (Å²) in [5.41, 5.74) is 3.75. The molecule has 2 rings (SSSR count). The highest BCUT2D eigenvalue weighted by molar-refractivity contribution is 5.93. The highest BCUT2D eigenvalue weighted by atomic mass is 16.3. The molecule has 2 heteroatoms. The van der Waals surface area contributed by atoms with Gasteiger partial charge in [-0.05, 0) is 26.0 Å². The largest absolute Gasteiger partial charge is 0.508 e. The second kappa shape index (κ2) is 2.59. The Kier molecular flexibility index (Phi) is 1.71. The number of phenols is 1. The zero-order valence-electron chi connectivity index (χ0n) is 9.13. The van der Waals surface area contributed by atoms with Crippen LogP contribution in [0.5, 0.6) is 5.75 Å². The molecule has 1 heterocycles. The van der Waals surface area contributed by atoms with Gasteiger partial charge in [0.15, 0.2) is 5.71 Å². The fourth-order valence-electron chi connectivity index (χ4n) is 2.11. The Hall–Kier alpha value is -1.31. The normalized spacial score (nSPS) is 18.6. The summed E-state index contributed by atoms with van der Waals surface area (Å²) in [5, 5.41) is 9.47. The van der Waals surface area contributed by atoms with E-state index in [0.717, 1.165) is 0 Å². The molecule has 1 aliphatic rings. The van der Waals surface area contributed by atoms with Crippen LogP contribution in [0.4, 0.5) is 5.69 Å². The van der Waals surface area contributed by atoms with Crippen LogP contribution >= 0.6 is 0 Å². The molecule has 0 saturated heterocycles. The van der Waals surface area contributed by atoms with Crippen LogP contribution in [0.1, 0.15) is 26.3 Å². The van der Waals surface area contributed by atoms with Crippen molar-refractivity contribution in [3.8, 4) is 5.75 Å². The van der Waals surface area contributed by atoms with Crippen molar-refractivity contribution in [2.75, 3.05) is 7.05 Å². The van der Waals surface area contributed by atoms with Crippen molar-refractivity contribution < 1.29 is 9.68 Å². The Morgan fingerprint density at radius 1 is 1.29 bits per heavy atom. The van der Waals surface area contributed by atoms with E-state index >= 15 is 0 Å². The molecule has 1 aliphatic heterocycles. The standard InChI is InChI=1S/C12H15NO/c1-8-12(2,3)10-7-9(14)5-6-11(10)13(8)4/h5-7H,1-4H3/p+1. The molecule has 0 aliphatic carbocycles. The molecule has 1 aromatic rings. The molecule has 1 N–H and O–H groups in total. The Morgan fingerprint density at radius 3 is 2.57 bits per heavy atom. The highest BCUT2D eigenvalue weighted by Crippen LogP contribution is 2.40. The van der Waals surface area contributed by atoms with Crippen molar-refractivity contribution in [2.45, 2.75) is 26.2 Å². The number of hydrogen-bond acceptors (Lipinski definition) is 1. The van der Waals surface area contributed by atoms with Crippen LogP contribution in [0.15, 0.2) is 18.2 Å². The van der Waals surface area contributed by atoms with Gasteiger partial charge >= 0.3 is 0 Å². The van der Waals surface area contributed by atoms with Gasteiger partial charge in [0.25, 0.3) is 0 Å². The fraction of sp³-hybridized carbons (Fsp3) is 0.417. The van der Waals surface area contributed by atoms with Crippen LogP contribution in [0.25, 0.3) is 0 Å². The van der Waals surface area contributed by atoms with Crippen molar-refractivity contribution in [1.82, 2.24) is 0 Å². The number of fused-ring (bicyclic) bond motifs is 1. The monoisotopic (exact) mass is 190 g/mol. The van der Waals surface area contributed by atoms with Crippen molar-refractivity contribution in [1.29, 1.82) is 0 Å². The summed E-state index contributed by atoms with van der Waals surface area (Å²) in [7, 11) is 2.07. The molecule has 0 amide bonds. The highest BCUT2D eigenvalue weighted by Gasteiger charge is 2.41. The molecule has 74 valence electrons. The molecule has 0 atom stereocenters. The quantitative estimate of drug-likeness (QED) is 0.624. The van der Waals surface area contributed by atoms with Crippen LogP contribution in [0.3, 0.4) is 0 Å². The average molecular weight is 190 g/mol. The SMILES string of the molecule is CC1=[N+](C)c2ccc(O)cc2C1(C)C. The molecule has 2 nitrogen and oxygen atoms in total. The third kappa shape index (κ3) is 0.999. The van der Waals surface area contributed by atoms with E-state index in [2.05, 4.69) is 32.4 Å². The summed E-state index contributed by atoms with van der Waals surface area (Å²) in [5.74, 6) is 0.347. The first-order valence-corrected chi connectivity index (χ1v) is 4.86. The lowest BCUT2D eigenvalue weighted by molar-refractivity contribution is -0.403. The maximum absolute atomic E-state index is 9.47. The molecule has 0 fully saturated rings. The van der Waals surface area contributed by atoms with Gasteiger partial charge in [0.2, 0.25) is 5.69 Å². The lowest BCUT2D eigenvalue weighted by Gasteiger charge is -2.14. The Morgan fingerprint density at radius 2 is 1.93 bits per heavy atom. The summed E-state index contributed by atoms with van der Waals surface area (Å²) in [6.45, 7) is 6.51. The van der Waals surface area contributed by atoms with Gasteiger partial charge in [0.05, 0.1) is 5.41 Å². The van der Waals surface area contributed by atoms with Gasteiger partial charge in [-0.25, -0.2) is 4.58 Å². The van der Waals surface area contributed by atoms with Gasteiger partial charge < -0.3 is 5.11 Å². The molecule has 0 aromatic heterocycles. The van der Waals surface area contributed by atoms with E-state index in [1.807, 2.05) is 12.1 Å². The van der Waals surface area contributed by atoms with E-state index in [1.54, 1.807) is 6.07 Å². The molecule has 0 spiro atoms. The average Bonchev–Trinajstić information content (AvgIpc) is 2.29. The lowest BCUT2D eigenvalue weighted by atomic mass is 9.82. The van der Waals surface area contributed by atoms with Gasteiger partial charge in [-0.1, -0.05) is 0 Å². The summed E-state index contributed by atoms with van der Waals surface area (Å²) in [4.78, 5) is 0. The zero-order valence-corrected chi connectivity index (χ0v) is 9.13. The molecule has 0 bridgehead atoms. The van der Waals surface area contributed by atoms with Crippen LogP contribution in [0, 0.1) is 0 Å². The Labute approximate surface area is 84.5 Å². The predicted octanol–water partition coefficient (Wildman–Crippen LogP) is 2.42. The molecule has 0 radical (unpaired) electrons. The number of phenolic OH excluding ortho intramolecular Hbond substituents is 1. The number of nitrogens with zero attached hydrogens (tertiary/aromatic N) is 1. The second-order valence-electron chi connectivity index (χ2n) is 4.47. The molecule has 14 heavy (non-hydrogen) atoms. The summed E-state index contributed by atoms with van der Waals surface area (Å²) in [6, 6.07) is 5.58. The van der Waals surface area contributed by atoms with E-state index in [4.69, 9.17) is 0 Å². The molecule has 0 saturated carbocycles. The van der Waals surface area contributed by atoms with Gasteiger partial charge in [0, 0.05) is 18.6 Å². The smallest absolute Gasteiger partial charge is 0.209 e. The topological polar surface area (TPSA) is 23.2 Å². The van der Waals surface area contributed by atoms with Gasteiger partial charge in [-0.15, -0.1) is 0 Å². The Balaban J connectivity index is 2.73. The predicted molar refractivity (Wildman–Crippen MR) is 57.7 cm³/mol. The number of hydrogen-bond donors (Lipinski definition) is 1. The molecule has 1 aromatic carbocycles. The summed E-state index contributed by atoms with van der Waals surface area (Å²) in [6.07, 6.45) is 0. The first-order chi connectivity index (χ1) is 6.44. The van der Waals surface area contributed by atoms with E-state index in [9.17, 15) is 5.11 Å². The van der Waals surface area contributed by atoms with Crippen molar-refractivity contribution in [3.05, 3.63) is 23.8 Å². The maximum atomic E-state index is 9.47. The van der Waals surface area contributed by atoms with E-state index in [1.165, 1.54) is 17.0 Å². The van der Waals surface area contributed by atoms with Gasteiger partial charge in [-0.3, -0.25) is 0 Å². The Bertz CT molecular complexity index is 430. The fourth-order valence-corrected chi connectivity index (χ4v) is 2.11. The van der Waals surface area contributed by atoms with Crippen LogP contribution in [-0.4, -0.2) is 22.4 Å². The van der Waals surface area contributed by atoms with Crippen molar-refractivity contribution in [3.63, 3.8) is 0 Å². The van der Waals surface area contributed by atoms with Crippen molar-refractivity contribution in [2.24, 2.45) is 0 Å². The first-order valence-electron chi connectivity index (χ1n) is 4.86. The minimum atomic E-state index is 0.0306. The minimum absolute atomic E-state index is 0.0306.